The fraction of sp³-hybridized carbons (Fsp3) is 0.148. The fourth-order valence-electron chi connectivity index (χ4n) is 3.85. The summed E-state index contributed by atoms with van der Waals surface area (Å²) in [6.45, 7) is 4.26. The summed E-state index contributed by atoms with van der Waals surface area (Å²) < 4.78 is 7.38. The number of aryl methyl sites for hydroxylation is 1. The lowest BCUT2D eigenvalue weighted by Crippen LogP contribution is -2.34. The number of benzene rings is 3. The van der Waals surface area contributed by atoms with E-state index in [0.717, 1.165) is 16.7 Å². The van der Waals surface area contributed by atoms with Gasteiger partial charge in [-0.3, -0.25) is 14.3 Å². The zero-order valence-electron chi connectivity index (χ0n) is 18.9. The molecule has 0 unspecified atom stereocenters. The highest BCUT2D eigenvalue weighted by atomic mass is 16.5. The van der Waals surface area contributed by atoms with Crippen molar-refractivity contribution in [2.75, 3.05) is 10.6 Å². The smallest absolute Gasteiger partial charge is 0.265 e. The Morgan fingerprint density at radius 2 is 1.85 bits per heavy atom. The lowest BCUT2D eigenvalue weighted by molar-refractivity contribution is -0.122. The standard InChI is InChI=1S/C27H24N4O3/c1-17-8-10-20(11-9-17)25-22(16-31(30-25)15-19-6-4-3-5-7-19)27(33)28-21-12-13-24-23(14-21)29-26(32)18(2)34-24/h3-14,16,18H,15H2,1-2H3,(H,28,33)(H,29,32)/t18-/m1/s1. The Bertz CT molecular complexity index is 1360. The number of fused-ring (bicyclic) bond motifs is 1. The number of nitrogens with one attached hydrogen (secondary N) is 2. The van der Waals surface area contributed by atoms with E-state index in [1.54, 1.807) is 36.0 Å². The molecule has 0 fully saturated rings. The molecular weight excluding hydrogens is 428 g/mol. The normalized spacial score (nSPS) is 14.6. The number of anilines is 2. The third kappa shape index (κ3) is 4.41. The summed E-state index contributed by atoms with van der Waals surface area (Å²) in [6.07, 6.45) is 1.21. The van der Waals surface area contributed by atoms with E-state index in [1.807, 2.05) is 61.5 Å². The Balaban J connectivity index is 1.45. The molecule has 0 bridgehead atoms. The van der Waals surface area contributed by atoms with E-state index in [2.05, 4.69) is 10.6 Å². The van der Waals surface area contributed by atoms with E-state index in [-0.39, 0.29) is 11.8 Å². The van der Waals surface area contributed by atoms with Gasteiger partial charge in [0.1, 0.15) is 11.4 Å². The van der Waals surface area contributed by atoms with E-state index < -0.39 is 6.10 Å². The average Bonchev–Trinajstić information content (AvgIpc) is 3.25. The van der Waals surface area contributed by atoms with Crippen molar-refractivity contribution >= 4 is 23.2 Å². The molecule has 5 rings (SSSR count). The van der Waals surface area contributed by atoms with Crippen LogP contribution in [0.1, 0.15) is 28.4 Å². The second-order valence-electron chi connectivity index (χ2n) is 8.35. The minimum absolute atomic E-state index is 0.222. The molecule has 4 aromatic rings. The number of hydrogen-bond donors (Lipinski definition) is 2. The molecule has 3 aromatic carbocycles. The first-order chi connectivity index (χ1) is 16.5. The number of carbonyl (C=O) groups excluding carboxylic acids is 2. The van der Waals surface area contributed by atoms with Gasteiger partial charge in [0.05, 0.1) is 17.8 Å². The topological polar surface area (TPSA) is 85.3 Å². The highest BCUT2D eigenvalue weighted by Crippen LogP contribution is 2.32. The monoisotopic (exact) mass is 452 g/mol. The molecule has 2 amide bonds. The Labute approximate surface area is 197 Å². The first kappa shape index (κ1) is 21.5. The van der Waals surface area contributed by atoms with Crippen LogP contribution >= 0.6 is 0 Å². The van der Waals surface area contributed by atoms with Gasteiger partial charge in [-0.25, -0.2) is 0 Å². The van der Waals surface area contributed by atoms with Crippen LogP contribution in [0.2, 0.25) is 0 Å². The predicted molar refractivity (Wildman–Crippen MR) is 131 cm³/mol. The fourth-order valence-corrected chi connectivity index (χ4v) is 3.85. The number of aromatic nitrogens is 2. The summed E-state index contributed by atoms with van der Waals surface area (Å²) in [4.78, 5) is 25.3. The van der Waals surface area contributed by atoms with Gasteiger partial charge in [-0.15, -0.1) is 0 Å². The molecule has 170 valence electrons. The van der Waals surface area contributed by atoms with Crippen LogP contribution in [0.4, 0.5) is 11.4 Å². The second-order valence-corrected chi connectivity index (χ2v) is 8.35. The minimum Gasteiger partial charge on any atom is -0.479 e. The molecule has 7 heteroatoms. The van der Waals surface area contributed by atoms with Crippen LogP contribution in [0.3, 0.4) is 0 Å². The number of nitrogens with zero attached hydrogens (tertiary/aromatic N) is 2. The predicted octanol–water partition coefficient (Wildman–Crippen LogP) is 4.88. The maximum atomic E-state index is 13.3. The van der Waals surface area contributed by atoms with E-state index >= 15 is 0 Å². The van der Waals surface area contributed by atoms with Gasteiger partial charge < -0.3 is 15.4 Å². The molecule has 0 aliphatic carbocycles. The summed E-state index contributed by atoms with van der Waals surface area (Å²) in [5.74, 6) is 0.0622. The van der Waals surface area contributed by atoms with Crippen LogP contribution in [-0.4, -0.2) is 27.7 Å². The van der Waals surface area contributed by atoms with Crippen LogP contribution < -0.4 is 15.4 Å². The molecule has 1 aromatic heterocycles. The zero-order chi connectivity index (χ0) is 23.7. The van der Waals surface area contributed by atoms with Gasteiger partial charge in [-0.05, 0) is 37.6 Å². The molecule has 7 nitrogen and oxygen atoms in total. The lowest BCUT2D eigenvalue weighted by atomic mass is 10.1. The highest BCUT2D eigenvalue weighted by molar-refractivity contribution is 6.08. The van der Waals surface area contributed by atoms with Gasteiger partial charge in [0.2, 0.25) is 0 Å². The molecule has 34 heavy (non-hydrogen) atoms. The first-order valence-electron chi connectivity index (χ1n) is 11.1. The van der Waals surface area contributed by atoms with Crippen molar-refractivity contribution in [3.63, 3.8) is 0 Å². The van der Waals surface area contributed by atoms with Gasteiger partial charge >= 0.3 is 0 Å². The summed E-state index contributed by atoms with van der Waals surface area (Å²) in [6, 6.07) is 23.1. The number of rotatable bonds is 5. The molecule has 1 atom stereocenters. The van der Waals surface area contributed by atoms with Gasteiger partial charge in [0.25, 0.3) is 11.8 Å². The Hall–Kier alpha value is -4.39. The summed E-state index contributed by atoms with van der Waals surface area (Å²) in [7, 11) is 0. The molecule has 0 radical (unpaired) electrons. The Kier molecular flexibility index (Phi) is 5.59. The molecule has 2 N–H and O–H groups in total. The molecule has 0 saturated carbocycles. The molecule has 1 aliphatic rings. The SMILES string of the molecule is Cc1ccc(-c2nn(Cc3ccccc3)cc2C(=O)Nc2ccc3c(c2)NC(=O)[C@@H](C)O3)cc1. The van der Waals surface area contributed by atoms with Crippen LogP contribution in [0.15, 0.2) is 79.0 Å². The van der Waals surface area contributed by atoms with E-state index in [9.17, 15) is 9.59 Å². The van der Waals surface area contributed by atoms with E-state index in [0.29, 0.717) is 34.9 Å². The van der Waals surface area contributed by atoms with Crippen molar-refractivity contribution in [2.45, 2.75) is 26.5 Å². The zero-order valence-corrected chi connectivity index (χ0v) is 18.9. The van der Waals surface area contributed by atoms with Gasteiger partial charge in [-0.2, -0.15) is 5.10 Å². The van der Waals surface area contributed by atoms with Crippen LogP contribution in [0, 0.1) is 6.92 Å². The Morgan fingerprint density at radius 1 is 1.09 bits per heavy atom. The number of hydrogen-bond acceptors (Lipinski definition) is 4. The van der Waals surface area contributed by atoms with Crippen LogP contribution in [-0.2, 0) is 11.3 Å². The number of ether oxygens (including phenoxy) is 1. The quantitative estimate of drug-likeness (QED) is 0.452. The molecule has 0 saturated heterocycles. The molecular formula is C27H24N4O3. The van der Waals surface area contributed by atoms with Gasteiger partial charge in [0, 0.05) is 17.4 Å². The van der Waals surface area contributed by atoms with E-state index in [4.69, 9.17) is 9.84 Å². The number of amides is 2. The third-order valence-corrected chi connectivity index (χ3v) is 5.69. The Morgan fingerprint density at radius 3 is 2.62 bits per heavy atom. The van der Waals surface area contributed by atoms with Gasteiger partial charge in [-0.1, -0.05) is 60.2 Å². The third-order valence-electron chi connectivity index (χ3n) is 5.69. The number of carbonyl (C=O) groups is 2. The second kappa shape index (κ2) is 8.86. The van der Waals surface area contributed by atoms with Crippen molar-refractivity contribution in [1.82, 2.24) is 9.78 Å². The van der Waals surface area contributed by atoms with Crippen LogP contribution in [0.5, 0.6) is 5.75 Å². The van der Waals surface area contributed by atoms with Crippen molar-refractivity contribution in [1.29, 1.82) is 0 Å². The first-order valence-corrected chi connectivity index (χ1v) is 11.1. The molecule has 1 aliphatic heterocycles. The van der Waals surface area contributed by atoms with E-state index in [1.165, 1.54) is 0 Å². The maximum Gasteiger partial charge on any atom is 0.265 e. The van der Waals surface area contributed by atoms with Gasteiger partial charge in [0.15, 0.2) is 6.10 Å². The minimum atomic E-state index is -0.555. The lowest BCUT2D eigenvalue weighted by Gasteiger charge is -2.23. The highest BCUT2D eigenvalue weighted by Gasteiger charge is 2.24. The maximum absolute atomic E-state index is 13.3. The molecule has 0 spiro atoms. The van der Waals surface area contributed by atoms with Crippen LogP contribution in [0.25, 0.3) is 11.3 Å². The van der Waals surface area contributed by atoms with Crippen molar-refractivity contribution < 1.29 is 14.3 Å². The van der Waals surface area contributed by atoms with Crippen molar-refractivity contribution in [2.24, 2.45) is 0 Å². The largest absolute Gasteiger partial charge is 0.479 e. The van der Waals surface area contributed by atoms with Crippen molar-refractivity contribution in [3.8, 4) is 17.0 Å². The summed E-state index contributed by atoms with van der Waals surface area (Å²) in [5.41, 5.74) is 5.23. The summed E-state index contributed by atoms with van der Waals surface area (Å²) in [5, 5.41) is 10.5. The summed E-state index contributed by atoms with van der Waals surface area (Å²) >= 11 is 0. The van der Waals surface area contributed by atoms with Crippen molar-refractivity contribution in [3.05, 3.63) is 95.7 Å². The molecule has 2 heterocycles. The average molecular weight is 453 g/mol.